The van der Waals surface area contributed by atoms with Crippen LogP contribution in [0.25, 0.3) is 0 Å². The summed E-state index contributed by atoms with van der Waals surface area (Å²) in [5.41, 5.74) is 0. The summed E-state index contributed by atoms with van der Waals surface area (Å²) in [6.07, 6.45) is 77.1. The predicted molar refractivity (Wildman–Crippen MR) is 307 cm³/mol. The van der Waals surface area contributed by atoms with Crippen LogP contribution in [0.2, 0.25) is 0 Å². The van der Waals surface area contributed by atoms with E-state index in [0.29, 0.717) is 19.3 Å². The average Bonchev–Trinajstić information content (AvgIpc) is 3.37. The number of hydrogen-bond acceptors (Lipinski definition) is 6. The van der Waals surface area contributed by atoms with Crippen LogP contribution in [-0.4, -0.2) is 37.2 Å². The summed E-state index contributed by atoms with van der Waals surface area (Å²) in [5.74, 6) is -0.923. The first-order valence-electron chi connectivity index (χ1n) is 30.1. The van der Waals surface area contributed by atoms with Gasteiger partial charge >= 0.3 is 17.9 Å². The molecule has 6 heteroatoms. The van der Waals surface area contributed by atoms with E-state index in [9.17, 15) is 14.4 Å². The van der Waals surface area contributed by atoms with Crippen LogP contribution in [0.3, 0.4) is 0 Å². The predicted octanol–water partition coefficient (Wildman–Crippen LogP) is 20.3. The topological polar surface area (TPSA) is 78.9 Å². The minimum atomic E-state index is -0.795. The molecular formula is C65H112O6. The molecule has 408 valence electrons. The molecule has 0 fully saturated rings. The Labute approximate surface area is 439 Å². The Hall–Kier alpha value is -3.41. The van der Waals surface area contributed by atoms with Crippen molar-refractivity contribution in [3.63, 3.8) is 0 Å². The molecule has 0 unspecified atom stereocenters. The molecule has 0 amide bonds. The van der Waals surface area contributed by atoms with Gasteiger partial charge in [0.1, 0.15) is 13.2 Å². The number of hydrogen-bond donors (Lipinski definition) is 0. The fourth-order valence-corrected chi connectivity index (χ4v) is 8.27. The Morgan fingerprint density at radius 3 is 0.845 bits per heavy atom. The lowest BCUT2D eigenvalue weighted by molar-refractivity contribution is -0.167. The van der Waals surface area contributed by atoms with E-state index in [1.165, 1.54) is 161 Å². The lowest BCUT2D eigenvalue weighted by Crippen LogP contribution is -2.30. The maximum absolute atomic E-state index is 12.9. The molecule has 0 aromatic heterocycles. The number of esters is 3. The van der Waals surface area contributed by atoms with Crippen LogP contribution in [0.5, 0.6) is 0 Å². The molecule has 0 aromatic rings. The van der Waals surface area contributed by atoms with Gasteiger partial charge in [0, 0.05) is 19.3 Å². The minimum Gasteiger partial charge on any atom is -0.462 e. The summed E-state index contributed by atoms with van der Waals surface area (Å²) >= 11 is 0. The van der Waals surface area contributed by atoms with Gasteiger partial charge in [-0.05, 0) is 122 Å². The van der Waals surface area contributed by atoms with E-state index in [0.717, 1.165) is 89.9 Å². The Morgan fingerprint density at radius 1 is 0.282 bits per heavy atom. The Kier molecular flexibility index (Phi) is 56.3. The molecule has 0 saturated carbocycles. The van der Waals surface area contributed by atoms with Gasteiger partial charge in [-0.2, -0.15) is 0 Å². The molecule has 6 nitrogen and oxygen atoms in total. The van der Waals surface area contributed by atoms with Gasteiger partial charge in [0.25, 0.3) is 0 Å². The van der Waals surface area contributed by atoms with Gasteiger partial charge in [0.15, 0.2) is 6.10 Å². The normalized spacial score (nSPS) is 12.7. The average molecular weight is 990 g/mol. The molecule has 0 aliphatic carbocycles. The van der Waals surface area contributed by atoms with Gasteiger partial charge in [-0.1, -0.05) is 234 Å². The highest BCUT2D eigenvalue weighted by Gasteiger charge is 2.19. The third-order valence-corrected chi connectivity index (χ3v) is 12.8. The lowest BCUT2D eigenvalue weighted by Gasteiger charge is -2.18. The maximum atomic E-state index is 12.9. The van der Waals surface area contributed by atoms with Crippen LogP contribution in [0.1, 0.15) is 290 Å². The van der Waals surface area contributed by atoms with Crippen molar-refractivity contribution in [3.05, 3.63) is 85.1 Å². The van der Waals surface area contributed by atoms with Crippen LogP contribution in [0.15, 0.2) is 85.1 Å². The zero-order valence-electron chi connectivity index (χ0n) is 46.7. The molecule has 0 N–H and O–H groups in total. The first-order chi connectivity index (χ1) is 35.0. The molecule has 71 heavy (non-hydrogen) atoms. The fraction of sp³-hybridized carbons (Fsp3) is 0.738. The first-order valence-corrected chi connectivity index (χ1v) is 30.1. The van der Waals surface area contributed by atoms with Crippen molar-refractivity contribution in [1.29, 1.82) is 0 Å². The summed E-state index contributed by atoms with van der Waals surface area (Å²) in [5, 5.41) is 0. The summed E-state index contributed by atoms with van der Waals surface area (Å²) < 4.78 is 16.9. The van der Waals surface area contributed by atoms with Crippen molar-refractivity contribution in [3.8, 4) is 0 Å². The van der Waals surface area contributed by atoms with Crippen LogP contribution >= 0.6 is 0 Å². The van der Waals surface area contributed by atoms with Crippen LogP contribution < -0.4 is 0 Å². The molecule has 0 aliphatic rings. The van der Waals surface area contributed by atoms with Crippen molar-refractivity contribution in [2.75, 3.05) is 13.2 Å². The summed E-state index contributed by atoms with van der Waals surface area (Å²) in [6.45, 7) is 6.56. The zero-order chi connectivity index (χ0) is 51.4. The molecule has 1 atom stereocenters. The largest absolute Gasteiger partial charge is 0.462 e. The standard InChI is InChI=1S/C65H112O6/c1-4-7-10-13-16-19-22-25-28-30-32-34-37-40-43-46-49-52-55-58-64(67)70-61-62(60-69-63(66)57-54-51-48-45-42-39-36-27-24-21-18-15-12-9-6-3)71-65(68)59-56-53-50-47-44-41-38-35-33-31-29-26-23-20-17-14-11-8-5-2/h16-17,19-21,24-26,28-29,32,34,40,43,62H,4-15,18,22-23,27,30-31,33,35-39,41-42,44-61H2,1-3H3/b19-16+,20-17+,24-21+,28-25+,29-26+,34-32+,43-40+/t62-/m1/s1. The molecule has 0 heterocycles. The van der Waals surface area contributed by atoms with Gasteiger partial charge < -0.3 is 14.2 Å². The highest BCUT2D eigenvalue weighted by Crippen LogP contribution is 2.15. The maximum Gasteiger partial charge on any atom is 0.306 e. The van der Waals surface area contributed by atoms with Crippen molar-refractivity contribution in [1.82, 2.24) is 0 Å². The Balaban J connectivity index is 4.45. The second-order valence-electron chi connectivity index (χ2n) is 19.9. The summed E-state index contributed by atoms with van der Waals surface area (Å²) in [4.78, 5) is 38.2. The summed E-state index contributed by atoms with van der Waals surface area (Å²) in [6, 6.07) is 0. The zero-order valence-corrected chi connectivity index (χ0v) is 46.7. The van der Waals surface area contributed by atoms with Crippen molar-refractivity contribution in [2.24, 2.45) is 0 Å². The lowest BCUT2D eigenvalue weighted by atomic mass is 10.1. The third kappa shape index (κ3) is 57.4. The van der Waals surface area contributed by atoms with E-state index < -0.39 is 6.10 Å². The quantitative estimate of drug-likeness (QED) is 0.0261. The Bertz CT molecular complexity index is 1370. The van der Waals surface area contributed by atoms with Gasteiger partial charge in [0.2, 0.25) is 0 Å². The molecule has 0 spiro atoms. The van der Waals surface area contributed by atoms with E-state index >= 15 is 0 Å². The fourth-order valence-electron chi connectivity index (χ4n) is 8.27. The van der Waals surface area contributed by atoms with E-state index in [1.807, 2.05) is 0 Å². The van der Waals surface area contributed by atoms with Crippen LogP contribution in [0, 0.1) is 0 Å². The number of rotatable bonds is 54. The third-order valence-electron chi connectivity index (χ3n) is 12.8. The monoisotopic (exact) mass is 989 g/mol. The van der Waals surface area contributed by atoms with E-state index in [4.69, 9.17) is 14.2 Å². The van der Waals surface area contributed by atoms with Crippen molar-refractivity contribution in [2.45, 2.75) is 297 Å². The van der Waals surface area contributed by atoms with Crippen molar-refractivity contribution < 1.29 is 28.6 Å². The molecule has 0 aromatic carbocycles. The molecular weight excluding hydrogens is 877 g/mol. The summed E-state index contributed by atoms with van der Waals surface area (Å²) in [7, 11) is 0. The van der Waals surface area contributed by atoms with E-state index in [-0.39, 0.29) is 31.1 Å². The smallest absolute Gasteiger partial charge is 0.306 e. The van der Waals surface area contributed by atoms with Gasteiger partial charge in [-0.15, -0.1) is 0 Å². The number of ether oxygens (including phenoxy) is 3. The van der Waals surface area contributed by atoms with Crippen LogP contribution in [0.4, 0.5) is 0 Å². The van der Waals surface area contributed by atoms with Gasteiger partial charge in [-0.3, -0.25) is 14.4 Å². The van der Waals surface area contributed by atoms with Crippen molar-refractivity contribution >= 4 is 17.9 Å². The molecule has 0 radical (unpaired) electrons. The highest BCUT2D eigenvalue weighted by molar-refractivity contribution is 5.71. The highest BCUT2D eigenvalue weighted by atomic mass is 16.6. The van der Waals surface area contributed by atoms with E-state index in [1.54, 1.807) is 0 Å². The second kappa shape index (κ2) is 59.2. The molecule has 0 bridgehead atoms. The molecule has 0 rings (SSSR count). The van der Waals surface area contributed by atoms with Gasteiger partial charge in [0.05, 0.1) is 0 Å². The van der Waals surface area contributed by atoms with Gasteiger partial charge in [-0.25, -0.2) is 0 Å². The van der Waals surface area contributed by atoms with E-state index in [2.05, 4.69) is 106 Å². The Morgan fingerprint density at radius 2 is 0.507 bits per heavy atom. The van der Waals surface area contributed by atoms with Crippen LogP contribution in [-0.2, 0) is 28.6 Å². The number of allylic oxidation sites excluding steroid dienone is 14. The number of unbranched alkanes of at least 4 members (excludes halogenated alkanes) is 29. The minimum absolute atomic E-state index is 0.0903. The molecule has 0 aliphatic heterocycles. The SMILES string of the molecule is CCCCC/C=C/C/C=C/C/C=C/C/C=C/CCCCCC(=O)OC[C@@H](COC(=O)CCCCCCCCC/C=C/CCCCCC)OC(=O)CCCCCCCCCCC/C=C/C/C=C/CCCCC. The first kappa shape index (κ1) is 67.6. The number of carbonyl (C=O) groups excluding carboxylic acids is 3. The number of carbonyl (C=O) groups is 3. The molecule has 0 saturated heterocycles. The second-order valence-corrected chi connectivity index (χ2v) is 19.9.